The van der Waals surface area contributed by atoms with E-state index in [1.165, 1.54) is 6.42 Å². The number of aliphatic carboxylic acids is 1. The lowest BCUT2D eigenvalue weighted by Crippen LogP contribution is -2.54. The first-order valence-electron chi connectivity index (χ1n) is 7.81. The number of amides is 2. The first-order chi connectivity index (χ1) is 9.52. The molecule has 0 heterocycles. The highest BCUT2D eigenvalue weighted by Crippen LogP contribution is 2.35. The molecular weight excluding hydrogens is 268 g/mol. The molecular formula is C16H30N2O3. The molecule has 0 aromatic rings. The van der Waals surface area contributed by atoms with E-state index in [9.17, 15) is 9.59 Å². The number of carbonyl (C=O) groups is 2. The number of hydrogen-bond donors (Lipinski definition) is 3. The number of urea groups is 1. The Bertz CT molecular complexity index is 385. The van der Waals surface area contributed by atoms with Crippen molar-refractivity contribution in [2.45, 2.75) is 78.8 Å². The highest BCUT2D eigenvalue weighted by molar-refractivity contribution is 5.76. The second-order valence-corrected chi connectivity index (χ2v) is 7.92. The van der Waals surface area contributed by atoms with E-state index in [1.807, 2.05) is 20.8 Å². The molecule has 0 spiro atoms. The Morgan fingerprint density at radius 3 is 2.38 bits per heavy atom. The summed E-state index contributed by atoms with van der Waals surface area (Å²) in [6, 6.07) is -0.491. The molecule has 5 nitrogen and oxygen atoms in total. The molecule has 3 N–H and O–H groups in total. The number of hydrogen-bond acceptors (Lipinski definition) is 2. The first kappa shape index (κ1) is 17.8. The van der Waals surface area contributed by atoms with Gasteiger partial charge in [-0.05, 0) is 23.7 Å². The van der Waals surface area contributed by atoms with Crippen LogP contribution in [0.1, 0.15) is 66.7 Å². The number of carbonyl (C=O) groups excluding carboxylic acids is 1. The molecule has 1 aliphatic carbocycles. The van der Waals surface area contributed by atoms with Crippen molar-refractivity contribution in [3.05, 3.63) is 0 Å². The molecule has 1 fully saturated rings. The quantitative estimate of drug-likeness (QED) is 0.746. The fraction of sp³-hybridized carbons (Fsp3) is 0.875. The van der Waals surface area contributed by atoms with Gasteiger partial charge in [-0.15, -0.1) is 0 Å². The molecule has 1 rings (SSSR count). The molecule has 2 unspecified atom stereocenters. The Kier molecular flexibility index (Phi) is 5.65. The summed E-state index contributed by atoms with van der Waals surface area (Å²) in [6.45, 7) is 10.2. The van der Waals surface area contributed by atoms with Crippen molar-refractivity contribution >= 4 is 12.0 Å². The van der Waals surface area contributed by atoms with Gasteiger partial charge in [-0.25, -0.2) is 4.79 Å². The van der Waals surface area contributed by atoms with E-state index in [1.54, 1.807) is 0 Å². The third-order valence-corrected chi connectivity index (χ3v) is 4.54. The van der Waals surface area contributed by atoms with Crippen molar-refractivity contribution in [3.63, 3.8) is 0 Å². The van der Waals surface area contributed by atoms with Crippen molar-refractivity contribution in [3.8, 4) is 0 Å². The van der Waals surface area contributed by atoms with E-state index in [2.05, 4.69) is 24.5 Å². The molecule has 2 amide bonds. The molecule has 0 aliphatic heterocycles. The van der Waals surface area contributed by atoms with Gasteiger partial charge in [-0.2, -0.15) is 0 Å². The summed E-state index contributed by atoms with van der Waals surface area (Å²) < 4.78 is 0. The van der Waals surface area contributed by atoms with Gasteiger partial charge in [0, 0.05) is 12.1 Å². The van der Waals surface area contributed by atoms with Crippen LogP contribution in [0.25, 0.3) is 0 Å². The van der Waals surface area contributed by atoms with Crippen LogP contribution in [-0.2, 0) is 4.79 Å². The summed E-state index contributed by atoms with van der Waals surface area (Å²) in [4.78, 5) is 23.2. The predicted molar refractivity (Wildman–Crippen MR) is 83.2 cm³/mol. The maximum atomic E-state index is 12.2. The van der Waals surface area contributed by atoms with Crippen LogP contribution in [0.5, 0.6) is 0 Å². The minimum Gasteiger partial charge on any atom is -0.481 e. The standard InChI is InChI=1S/C16H30N2O3/c1-15(2,3)12(10-13(19)20)18-14(21)17-11-8-6-7-9-16(11,4)5/h11-12H,6-10H2,1-5H3,(H,19,20)(H2,17,18,21). The molecule has 0 saturated heterocycles. The SMILES string of the molecule is CC(C)(C)C(CC(=O)O)NC(=O)NC1CCCCC1(C)C. The van der Waals surface area contributed by atoms with Crippen molar-refractivity contribution in [1.29, 1.82) is 0 Å². The summed E-state index contributed by atoms with van der Waals surface area (Å²) in [7, 11) is 0. The zero-order valence-corrected chi connectivity index (χ0v) is 14.0. The summed E-state index contributed by atoms with van der Waals surface area (Å²) in [6.07, 6.45) is 4.36. The number of carboxylic acids is 1. The zero-order valence-electron chi connectivity index (χ0n) is 14.0. The topological polar surface area (TPSA) is 78.4 Å². The summed E-state index contributed by atoms with van der Waals surface area (Å²) in [5.41, 5.74) is -0.197. The molecule has 0 bridgehead atoms. The van der Waals surface area contributed by atoms with Gasteiger partial charge in [0.25, 0.3) is 0 Å². The van der Waals surface area contributed by atoms with E-state index in [0.717, 1.165) is 19.3 Å². The van der Waals surface area contributed by atoms with Crippen LogP contribution >= 0.6 is 0 Å². The van der Waals surface area contributed by atoms with Crippen LogP contribution in [0.2, 0.25) is 0 Å². The van der Waals surface area contributed by atoms with Gasteiger partial charge in [0.05, 0.1) is 6.42 Å². The van der Waals surface area contributed by atoms with Crippen LogP contribution < -0.4 is 10.6 Å². The van der Waals surface area contributed by atoms with Crippen molar-refractivity contribution in [2.24, 2.45) is 10.8 Å². The van der Waals surface area contributed by atoms with E-state index in [4.69, 9.17) is 5.11 Å². The average Bonchev–Trinajstić information content (AvgIpc) is 2.29. The van der Waals surface area contributed by atoms with E-state index in [0.29, 0.717) is 0 Å². The van der Waals surface area contributed by atoms with Crippen LogP contribution in [0.3, 0.4) is 0 Å². The molecule has 122 valence electrons. The molecule has 21 heavy (non-hydrogen) atoms. The fourth-order valence-electron chi connectivity index (χ4n) is 2.87. The number of nitrogens with one attached hydrogen (secondary N) is 2. The van der Waals surface area contributed by atoms with Gasteiger partial charge in [-0.3, -0.25) is 4.79 Å². The van der Waals surface area contributed by atoms with E-state index in [-0.39, 0.29) is 35.4 Å². The normalized spacial score (nSPS) is 23.2. The zero-order chi connectivity index (χ0) is 16.3. The summed E-state index contributed by atoms with van der Waals surface area (Å²) in [5, 5.41) is 14.9. The lowest BCUT2D eigenvalue weighted by Gasteiger charge is -2.39. The van der Waals surface area contributed by atoms with E-state index >= 15 is 0 Å². The van der Waals surface area contributed by atoms with Gasteiger partial charge < -0.3 is 15.7 Å². The molecule has 0 aromatic heterocycles. The molecule has 2 atom stereocenters. The lowest BCUT2D eigenvalue weighted by molar-refractivity contribution is -0.138. The van der Waals surface area contributed by atoms with Crippen molar-refractivity contribution in [2.75, 3.05) is 0 Å². The van der Waals surface area contributed by atoms with Gasteiger partial charge in [-0.1, -0.05) is 47.5 Å². The Hall–Kier alpha value is -1.26. The highest BCUT2D eigenvalue weighted by Gasteiger charge is 2.34. The predicted octanol–water partition coefficient (Wildman–Crippen LogP) is 3.14. The lowest BCUT2D eigenvalue weighted by atomic mass is 9.73. The van der Waals surface area contributed by atoms with Gasteiger partial charge >= 0.3 is 12.0 Å². The Balaban J connectivity index is 2.63. The van der Waals surface area contributed by atoms with Crippen molar-refractivity contribution in [1.82, 2.24) is 10.6 Å². The van der Waals surface area contributed by atoms with Crippen LogP contribution in [0.4, 0.5) is 4.79 Å². The maximum absolute atomic E-state index is 12.2. The molecule has 0 aromatic carbocycles. The smallest absolute Gasteiger partial charge is 0.315 e. The molecule has 1 saturated carbocycles. The molecule has 1 aliphatic rings. The van der Waals surface area contributed by atoms with Crippen molar-refractivity contribution < 1.29 is 14.7 Å². The molecule has 5 heteroatoms. The second-order valence-electron chi connectivity index (χ2n) is 7.92. The van der Waals surface area contributed by atoms with Gasteiger partial charge in [0.15, 0.2) is 0 Å². The first-order valence-corrected chi connectivity index (χ1v) is 7.81. The second kappa shape index (κ2) is 6.67. The number of rotatable bonds is 4. The third kappa shape index (κ3) is 5.56. The minimum absolute atomic E-state index is 0.0645. The monoisotopic (exact) mass is 298 g/mol. The van der Waals surface area contributed by atoms with Gasteiger partial charge in [0.1, 0.15) is 0 Å². The minimum atomic E-state index is -0.895. The van der Waals surface area contributed by atoms with Crippen LogP contribution in [0, 0.1) is 10.8 Å². The Morgan fingerprint density at radius 2 is 1.90 bits per heavy atom. The third-order valence-electron chi connectivity index (χ3n) is 4.54. The molecule has 0 radical (unpaired) electrons. The largest absolute Gasteiger partial charge is 0.481 e. The Labute approximate surface area is 127 Å². The maximum Gasteiger partial charge on any atom is 0.315 e. The van der Waals surface area contributed by atoms with E-state index < -0.39 is 5.97 Å². The fourth-order valence-corrected chi connectivity index (χ4v) is 2.87. The summed E-state index contributed by atoms with van der Waals surface area (Å²) in [5.74, 6) is -0.895. The van der Waals surface area contributed by atoms with Gasteiger partial charge in [0.2, 0.25) is 0 Å². The van der Waals surface area contributed by atoms with Crippen LogP contribution in [-0.4, -0.2) is 29.2 Å². The number of carboxylic acid groups (broad SMARTS) is 1. The summed E-state index contributed by atoms with van der Waals surface area (Å²) >= 11 is 0. The highest BCUT2D eigenvalue weighted by atomic mass is 16.4. The average molecular weight is 298 g/mol. The Morgan fingerprint density at radius 1 is 1.29 bits per heavy atom. The van der Waals surface area contributed by atoms with Crippen LogP contribution in [0.15, 0.2) is 0 Å².